The number of aromatic nitrogens is 2. The van der Waals surface area contributed by atoms with Gasteiger partial charge in [0.1, 0.15) is 6.54 Å². The van der Waals surface area contributed by atoms with Gasteiger partial charge in [0, 0.05) is 31.9 Å². The number of hydrogen-bond acceptors (Lipinski definition) is 4. The quantitative estimate of drug-likeness (QED) is 0.851. The highest BCUT2D eigenvalue weighted by molar-refractivity contribution is 5.75. The summed E-state index contributed by atoms with van der Waals surface area (Å²) in [5, 5.41) is 7.27. The largest absolute Gasteiger partial charge is 0.374 e. The zero-order valence-electron chi connectivity index (χ0n) is 14.1. The van der Waals surface area contributed by atoms with Crippen molar-refractivity contribution in [1.82, 2.24) is 20.0 Å². The Kier molecular flexibility index (Phi) is 5.97. The van der Waals surface area contributed by atoms with E-state index in [4.69, 9.17) is 4.74 Å². The lowest BCUT2D eigenvalue weighted by Crippen LogP contribution is -2.48. The number of amides is 1. The van der Waals surface area contributed by atoms with Crippen molar-refractivity contribution in [2.75, 3.05) is 32.8 Å². The summed E-state index contributed by atoms with van der Waals surface area (Å²) in [7, 11) is 0. The maximum atomic E-state index is 12.0. The summed E-state index contributed by atoms with van der Waals surface area (Å²) in [6.07, 6.45) is 0.0805. The number of aryl methyl sites for hydroxylation is 2. The first kappa shape index (κ1) is 17.0. The molecule has 1 aromatic rings. The molecule has 1 fully saturated rings. The van der Waals surface area contributed by atoms with E-state index >= 15 is 0 Å². The molecule has 0 bridgehead atoms. The molecule has 1 saturated heterocycles. The van der Waals surface area contributed by atoms with Crippen LogP contribution in [0.15, 0.2) is 6.07 Å². The van der Waals surface area contributed by atoms with Crippen molar-refractivity contribution in [1.29, 1.82) is 0 Å². The highest BCUT2D eigenvalue weighted by Crippen LogP contribution is 2.07. The van der Waals surface area contributed by atoms with E-state index in [-0.39, 0.29) is 18.6 Å². The lowest BCUT2D eigenvalue weighted by atomic mass is 10.2. The molecule has 6 nitrogen and oxygen atoms in total. The smallest absolute Gasteiger partial charge is 0.241 e. The molecule has 124 valence electrons. The molecular formula is C16H28N4O2. The summed E-state index contributed by atoms with van der Waals surface area (Å²) in [6.45, 7) is 12.9. The Morgan fingerprint density at radius 3 is 2.91 bits per heavy atom. The van der Waals surface area contributed by atoms with Gasteiger partial charge in [0.2, 0.25) is 5.91 Å². The topological polar surface area (TPSA) is 59.4 Å². The first-order chi connectivity index (χ1) is 10.4. The van der Waals surface area contributed by atoms with Crippen molar-refractivity contribution in [3.63, 3.8) is 0 Å². The molecule has 2 heterocycles. The Labute approximate surface area is 132 Å². The third kappa shape index (κ3) is 5.10. The molecule has 1 N–H and O–H groups in total. The van der Waals surface area contributed by atoms with E-state index < -0.39 is 0 Å². The monoisotopic (exact) mass is 308 g/mol. The van der Waals surface area contributed by atoms with Crippen molar-refractivity contribution in [2.24, 2.45) is 5.92 Å². The second-order valence-electron chi connectivity index (χ2n) is 6.54. The molecule has 2 rings (SSSR count). The second-order valence-corrected chi connectivity index (χ2v) is 6.54. The molecular weight excluding hydrogens is 280 g/mol. The van der Waals surface area contributed by atoms with Crippen LogP contribution in [0.25, 0.3) is 0 Å². The van der Waals surface area contributed by atoms with Crippen molar-refractivity contribution >= 4 is 5.91 Å². The van der Waals surface area contributed by atoms with Gasteiger partial charge >= 0.3 is 0 Å². The van der Waals surface area contributed by atoms with E-state index in [9.17, 15) is 4.79 Å². The van der Waals surface area contributed by atoms with Crippen LogP contribution in [0, 0.1) is 19.8 Å². The maximum absolute atomic E-state index is 12.0. The zero-order valence-corrected chi connectivity index (χ0v) is 14.1. The van der Waals surface area contributed by atoms with E-state index in [1.54, 1.807) is 4.68 Å². The van der Waals surface area contributed by atoms with Crippen LogP contribution in [-0.4, -0.2) is 59.5 Å². The van der Waals surface area contributed by atoms with Gasteiger partial charge < -0.3 is 10.1 Å². The molecule has 1 unspecified atom stereocenters. The summed E-state index contributed by atoms with van der Waals surface area (Å²) in [6, 6.07) is 1.97. The van der Waals surface area contributed by atoms with Gasteiger partial charge in [0.05, 0.1) is 18.4 Å². The normalized spacial score (nSPS) is 19.6. The number of ether oxygens (including phenoxy) is 1. The molecule has 0 saturated carbocycles. The number of carbonyl (C=O) groups excluding carboxylic acids is 1. The van der Waals surface area contributed by atoms with Crippen molar-refractivity contribution < 1.29 is 9.53 Å². The van der Waals surface area contributed by atoms with Crippen LogP contribution >= 0.6 is 0 Å². The second kappa shape index (κ2) is 7.74. The number of nitrogens with one attached hydrogen (secondary N) is 1. The third-order valence-electron chi connectivity index (χ3n) is 3.77. The highest BCUT2D eigenvalue weighted by Gasteiger charge is 2.21. The van der Waals surface area contributed by atoms with E-state index in [0.717, 1.165) is 37.6 Å². The Morgan fingerprint density at radius 2 is 2.27 bits per heavy atom. The maximum Gasteiger partial charge on any atom is 0.241 e. The van der Waals surface area contributed by atoms with Crippen molar-refractivity contribution in [3.05, 3.63) is 17.5 Å². The van der Waals surface area contributed by atoms with Crippen molar-refractivity contribution in [2.45, 2.75) is 40.3 Å². The van der Waals surface area contributed by atoms with Crippen molar-refractivity contribution in [3.8, 4) is 0 Å². The Hall–Kier alpha value is -1.40. The van der Waals surface area contributed by atoms with E-state index in [0.29, 0.717) is 12.5 Å². The standard InChI is InChI=1S/C16H28N4O2/c1-12(2)9-19-5-6-22-15(10-19)8-17-16(21)11-20-14(4)7-13(3)18-20/h7,12,15H,5-6,8-11H2,1-4H3,(H,17,21). The van der Waals surface area contributed by atoms with Gasteiger partial charge in [-0.2, -0.15) is 5.10 Å². The molecule has 1 atom stereocenters. The average Bonchev–Trinajstić information content (AvgIpc) is 2.74. The van der Waals surface area contributed by atoms with Crippen LogP contribution in [0.4, 0.5) is 0 Å². The molecule has 0 aromatic carbocycles. The highest BCUT2D eigenvalue weighted by atomic mass is 16.5. The van der Waals surface area contributed by atoms with Gasteiger partial charge in [-0.05, 0) is 25.8 Å². The summed E-state index contributed by atoms with van der Waals surface area (Å²) >= 11 is 0. The van der Waals surface area contributed by atoms with Gasteiger partial charge in [-0.15, -0.1) is 0 Å². The van der Waals surface area contributed by atoms with Crippen LogP contribution < -0.4 is 5.32 Å². The van der Waals surface area contributed by atoms with Gasteiger partial charge in [-0.3, -0.25) is 14.4 Å². The Bertz CT molecular complexity index is 498. The number of rotatable bonds is 6. The minimum Gasteiger partial charge on any atom is -0.374 e. The zero-order chi connectivity index (χ0) is 16.1. The van der Waals surface area contributed by atoms with Crippen LogP contribution in [0.3, 0.4) is 0 Å². The van der Waals surface area contributed by atoms with Gasteiger partial charge in [0.25, 0.3) is 0 Å². The molecule has 1 aromatic heterocycles. The van der Waals surface area contributed by atoms with Crippen LogP contribution in [0.1, 0.15) is 25.2 Å². The van der Waals surface area contributed by atoms with Gasteiger partial charge in [0.15, 0.2) is 0 Å². The van der Waals surface area contributed by atoms with E-state index in [1.165, 1.54) is 0 Å². The lowest BCUT2D eigenvalue weighted by Gasteiger charge is -2.33. The minimum atomic E-state index is -0.0178. The minimum absolute atomic E-state index is 0.0178. The summed E-state index contributed by atoms with van der Waals surface area (Å²) in [5.74, 6) is 0.634. The van der Waals surface area contributed by atoms with Crippen LogP contribution in [0.5, 0.6) is 0 Å². The van der Waals surface area contributed by atoms with Crippen LogP contribution in [0.2, 0.25) is 0 Å². The van der Waals surface area contributed by atoms with E-state index in [1.807, 2.05) is 19.9 Å². The average molecular weight is 308 g/mol. The fraction of sp³-hybridized carbons (Fsp3) is 0.750. The van der Waals surface area contributed by atoms with E-state index in [2.05, 4.69) is 29.2 Å². The number of carbonyl (C=O) groups is 1. The lowest BCUT2D eigenvalue weighted by molar-refractivity contribution is -0.123. The molecule has 6 heteroatoms. The molecule has 0 aliphatic carbocycles. The first-order valence-electron chi connectivity index (χ1n) is 8.05. The molecule has 0 radical (unpaired) electrons. The Morgan fingerprint density at radius 1 is 1.50 bits per heavy atom. The summed E-state index contributed by atoms with van der Waals surface area (Å²) in [5.41, 5.74) is 1.94. The molecule has 1 amide bonds. The third-order valence-corrected chi connectivity index (χ3v) is 3.77. The summed E-state index contributed by atoms with van der Waals surface area (Å²) < 4.78 is 7.47. The predicted molar refractivity (Wildman–Crippen MR) is 85.7 cm³/mol. The number of nitrogens with zero attached hydrogens (tertiary/aromatic N) is 3. The van der Waals surface area contributed by atoms with Gasteiger partial charge in [-0.25, -0.2) is 0 Å². The number of hydrogen-bond donors (Lipinski definition) is 1. The molecule has 1 aliphatic heterocycles. The summed E-state index contributed by atoms with van der Waals surface area (Å²) in [4.78, 5) is 14.4. The SMILES string of the molecule is Cc1cc(C)n(CC(=O)NCC2CN(CC(C)C)CCO2)n1. The molecule has 1 aliphatic rings. The fourth-order valence-corrected chi connectivity index (χ4v) is 2.84. The Balaban J connectivity index is 1.75. The molecule has 22 heavy (non-hydrogen) atoms. The fourth-order valence-electron chi connectivity index (χ4n) is 2.84. The van der Waals surface area contributed by atoms with Gasteiger partial charge in [-0.1, -0.05) is 13.8 Å². The number of morpholine rings is 1. The first-order valence-corrected chi connectivity index (χ1v) is 8.05. The molecule has 0 spiro atoms. The predicted octanol–water partition coefficient (Wildman–Crippen LogP) is 0.973. The van der Waals surface area contributed by atoms with Crippen LogP contribution in [-0.2, 0) is 16.1 Å².